The number of rotatable bonds is 3. The Morgan fingerprint density at radius 1 is 1.46 bits per heavy atom. The number of allylic oxidation sites excluding steroid dienone is 1. The molecule has 0 atom stereocenters. The summed E-state index contributed by atoms with van der Waals surface area (Å²) >= 11 is 11.6. The predicted octanol–water partition coefficient (Wildman–Crippen LogP) is 3.29. The molecule has 0 aromatic heterocycles. The van der Waals surface area contributed by atoms with E-state index in [1.165, 1.54) is 6.08 Å². The molecule has 0 radical (unpaired) electrons. The lowest BCUT2D eigenvalue weighted by Crippen LogP contribution is -1.98. The average Bonchev–Trinajstić information content (AvgIpc) is 2.13. The van der Waals surface area contributed by atoms with Crippen LogP contribution in [0.2, 0.25) is 10.0 Å². The summed E-state index contributed by atoms with van der Waals surface area (Å²) < 4.78 is 0. The van der Waals surface area contributed by atoms with Crippen LogP contribution in [0.25, 0.3) is 0 Å². The van der Waals surface area contributed by atoms with Crippen molar-refractivity contribution in [3.63, 3.8) is 0 Å². The van der Waals surface area contributed by atoms with E-state index >= 15 is 0 Å². The molecule has 0 saturated heterocycles. The zero-order valence-electron chi connectivity index (χ0n) is 6.89. The summed E-state index contributed by atoms with van der Waals surface area (Å²) in [4.78, 5) is 11.0. The first kappa shape index (κ1) is 10.3. The Morgan fingerprint density at radius 3 is 2.77 bits per heavy atom. The van der Waals surface area contributed by atoms with Crippen molar-refractivity contribution in [3.05, 3.63) is 46.5 Å². The van der Waals surface area contributed by atoms with Gasteiger partial charge in [0.05, 0.1) is 10.0 Å². The fraction of sp³-hybridized carbons (Fsp3) is 0.100. The van der Waals surface area contributed by atoms with Crippen molar-refractivity contribution in [2.75, 3.05) is 0 Å². The van der Waals surface area contributed by atoms with Gasteiger partial charge in [-0.05, 0) is 17.7 Å². The summed E-state index contributed by atoms with van der Waals surface area (Å²) in [7, 11) is 0. The molecule has 13 heavy (non-hydrogen) atoms. The van der Waals surface area contributed by atoms with Crippen molar-refractivity contribution in [2.45, 2.75) is 6.42 Å². The molecule has 1 aromatic rings. The van der Waals surface area contributed by atoms with Gasteiger partial charge in [-0.3, -0.25) is 4.79 Å². The largest absolute Gasteiger partial charge is 0.295 e. The lowest BCUT2D eigenvalue weighted by atomic mass is 10.1. The van der Waals surface area contributed by atoms with Crippen molar-refractivity contribution < 1.29 is 4.79 Å². The van der Waals surface area contributed by atoms with Gasteiger partial charge < -0.3 is 0 Å². The highest BCUT2D eigenvalue weighted by Crippen LogP contribution is 2.25. The summed E-state index contributed by atoms with van der Waals surface area (Å²) in [6.07, 6.45) is 1.53. The van der Waals surface area contributed by atoms with Gasteiger partial charge in [-0.25, -0.2) is 0 Å². The third kappa shape index (κ3) is 2.58. The highest BCUT2D eigenvalue weighted by molar-refractivity contribution is 6.42. The second-order valence-electron chi connectivity index (χ2n) is 2.56. The van der Waals surface area contributed by atoms with Gasteiger partial charge in [-0.15, -0.1) is 0 Å². The standard InChI is InChI=1S/C10H8Cl2O/c1-2-8(13)6-7-4-3-5-9(11)10(7)12/h2-5H,1,6H2. The molecule has 68 valence electrons. The van der Waals surface area contributed by atoms with Gasteiger partial charge >= 0.3 is 0 Å². The maximum atomic E-state index is 11.0. The molecular formula is C10H8Cl2O. The number of hydrogen-bond acceptors (Lipinski definition) is 1. The van der Waals surface area contributed by atoms with E-state index < -0.39 is 0 Å². The van der Waals surface area contributed by atoms with Crippen LogP contribution in [0, 0.1) is 0 Å². The summed E-state index contributed by atoms with van der Waals surface area (Å²) in [6.45, 7) is 3.38. The van der Waals surface area contributed by atoms with Crippen molar-refractivity contribution in [1.29, 1.82) is 0 Å². The molecule has 0 fully saturated rings. The second-order valence-corrected chi connectivity index (χ2v) is 3.35. The highest BCUT2D eigenvalue weighted by atomic mass is 35.5. The maximum absolute atomic E-state index is 11.0. The van der Waals surface area contributed by atoms with Crippen LogP contribution in [0.5, 0.6) is 0 Å². The van der Waals surface area contributed by atoms with E-state index in [4.69, 9.17) is 23.2 Å². The molecule has 1 rings (SSSR count). The Labute approximate surface area is 87.0 Å². The fourth-order valence-corrected chi connectivity index (χ4v) is 1.33. The minimum Gasteiger partial charge on any atom is -0.295 e. The monoisotopic (exact) mass is 214 g/mol. The molecule has 0 amide bonds. The lowest BCUT2D eigenvalue weighted by Gasteiger charge is -2.02. The Hall–Kier alpha value is -0.790. The number of hydrogen-bond donors (Lipinski definition) is 0. The molecule has 0 spiro atoms. The van der Waals surface area contributed by atoms with Crippen molar-refractivity contribution in [1.82, 2.24) is 0 Å². The van der Waals surface area contributed by atoms with Gasteiger partial charge in [0.1, 0.15) is 0 Å². The number of ketones is 1. The highest BCUT2D eigenvalue weighted by Gasteiger charge is 2.06. The van der Waals surface area contributed by atoms with Crippen LogP contribution in [0.1, 0.15) is 5.56 Å². The van der Waals surface area contributed by atoms with E-state index in [0.717, 1.165) is 5.56 Å². The molecule has 0 bridgehead atoms. The second kappa shape index (κ2) is 4.45. The molecule has 1 aromatic carbocycles. The minimum absolute atomic E-state index is 0.0656. The van der Waals surface area contributed by atoms with E-state index in [1.807, 2.05) is 0 Å². The normalized spacial score (nSPS) is 9.69. The first-order valence-electron chi connectivity index (χ1n) is 3.73. The van der Waals surface area contributed by atoms with Gasteiger partial charge in [-0.2, -0.15) is 0 Å². The maximum Gasteiger partial charge on any atom is 0.159 e. The topological polar surface area (TPSA) is 17.1 Å². The molecule has 0 heterocycles. The molecule has 0 aliphatic heterocycles. The summed E-state index contributed by atoms with van der Waals surface area (Å²) in [5.41, 5.74) is 0.735. The summed E-state index contributed by atoms with van der Waals surface area (Å²) in [5, 5.41) is 0.912. The van der Waals surface area contributed by atoms with Crippen LogP contribution in [-0.4, -0.2) is 5.78 Å². The van der Waals surface area contributed by atoms with Crippen LogP contribution in [0.4, 0.5) is 0 Å². The predicted molar refractivity (Wildman–Crippen MR) is 55.4 cm³/mol. The third-order valence-electron chi connectivity index (χ3n) is 1.62. The third-order valence-corrected chi connectivity index (χ3v) is 2.48. The SMILES string of the molecule is C=CC(=O)Cc1cccc(Cl)c1Cl. The van der Waals surface area contributed by atoms with Gasteiger partial charge in [0.25, 0.3) is 0 Å². The molecule has 0 aliphatic carbocycles. The molecule has 1 nitrogen and oxygen atoms in total. The molecule has 0 unspecified atom stereocenters. The molecule has 0 saturated carbocycles. The van der Waals surface area contributed by atoms with Crippen molar-refractivity contribution in [2.24, 2.45) is 0 Å². The summed E-state index contributed by atoms with van der Waals surface area (Å²) in [6, 6.07) is 5.22. The Morgan fingerprint density at radius 2 is 2.15 bits per heavy atom. The van der Waals surface area contributed by atoms with Gasteiger partial charge in [0.15, 0.2) is 5.78 Å². The number of halogens is 2. The smallest absolute Gasteiger partial charge is 0.159 e. The zero-order valence-corrected chi connectivity index (χ0v) is 8.40. The fourth-order valence-electron chi connectivity index (χ4n) is 0.945. The van der Waals surface area contributed by atoms with E-state index in [0.29, 0.717) is 10.0 Å². The van der Waals surface area contributed by atoms with E-state index in [9.17, 15) is 4.79 Å². The Bertz CT molecular complexity index is 345. The van der Waals surface area contributed by atoms with Gasteiger partial charge in [-0.1, -0.05) is 41.9 Å². The van der Waals surface area contributed by atoms with E-state index in [2.05, 4.69) is 6.58 Å². The first-order valence-corrected chi connectivity index (χ1v) is 4.49. The van der Waals surface area contributed by atoms with Crippen LogP contribution in [0.15, 0.2) is 30.9 Å². The quantitative estimate of drug-likeness (QED) is 0.707. The van der Waals surface area contributed by atoms with E-state index in [-0.39, 0.29) is 12.2 Å². The molecular weight excluding hydrogens is 207 g/mol. The number of carbonyl (C=O) groups excluding carboxylic acids is 1. The van der Waals surface area contributed by atoms with Crippen molar-refractivity contribution in [3.8, 4) is 0 Å². The lowest BCUT2D eigenvalue weighted by molar-refractivity contribution is -0.114. The Balaban J connectivity index is 2.95. The minimum atomic E-state index is -0.0656. The van der Waals surface area contributed by atoms with Crippen molar-refractivity contribution >= 4 is 29.0 Å². The van der Waals surface area contributed by atoms with Crippen LogP contribution in [0.3, 0.4) is 0 Å². The Kier molecular flexibility index (Phi) is 3.52. The van der Waals surface area contributed by atoms with Crippen LogP contribution in [-0.2, 0) is 11.2 Å². The molecule has 0 aliphatic rings. The number of carbonyl (C=O) groups is 1. The average molecular weight is 215 g/mol. The molecule has 3 heteroatoms. The van der Waals surface area contributed by atoms with Gasteiger partial charge in [0.2, 0.25) is 0 Å². The van der Waals surface area contributed by atoms with Gasteiger partial charge in [0, 0.05) is 6.42 Å². The van der Waals surface area contributed by atoms with Crippen LogP contribution >= 0.6 is 23.2 Å². The zero-order chi connectivity index (χ0) is 9.84. The number of benzene rings is 1. The van der Waals surface area contributed by atoms with Crippen LogP contribution < -0.4 is 0 Å². The first-order chi connectivity index (χ1) is 6.15. The van der Waals surface area contributed by atoms with E-state index in [1.54, 1.807) is 18.2 Å². The summed E-state index contributed by atoms with van der Waals surface area (Å²) in [5.74, 6) is -0.0656. The molecule has 0 N–H and O–H groups in total.